The second-order valence-corrected chi connectivity index (χ2v) is 7.40. The zero-order valence-corrected chi connectivity index (χ0v) is 15.8. The first-order valence-electron chi connectivity index (χ1n) is 9.11. The number of methoxy groups -OCH3 is 1. The van der Waals surface area contributed by atoms with Gasteiger partial charge >= 0.3 is 0 Å². The van der Waals surface area contributed by atoms with E-state index in [0.717, 1.165) is 19.4 Å². The Morgan fingerprint density at radius 2 is 1.96 bits per heavy atom. The highest BCUT2D eigenvalue weighted by atomic mass is 35.5. The summed E-state index contributed by atoms with van der Waals surface area (Å²) in [6.07, 6.45) is 6.96. The first-order chi connectivity index (χ1) is 12.5. The van der Waals surface area contributed by atoms with Gasteiger partial charge in [-0.25, -0.2) is 0 Å². The molecule has 1 aliphatic carbocycles. The second kappa shape index (κ2) is 8.16. The molecule has 2 fully saturated rings. The smallest absolute Gasteiger partial charge is 0.255 e. The fourth-order valence-electron chi connectivity index (χ4n) is 4.17. The molecule has 6 nitrogen and oxygen atoms in total. The van der Waals surface area contributed by atoms with Crippen LogP contribution in [0, 0.1) is 5.92 Å². The minimum atomic E-state index is -0.611. The number of carbonyl (C=O) groups is 2. The Bertz CT molecular complexity index is 692. The number of carbonyl (C=O) groups excluding carboxylic acids is 2. The molecule has 1 aromatic rings. The van der Waals surface area contributed by atoms with Gasteiger partial charge in [0, 0.05) is 18.2 Å². The number of likely N-dealkylation sites (tertiary alicyclic amines) is 1. The lowest BCUT2D eigenvalue weighted by atomic mass is 9.78. The van der Waals surface area contributed by atoms with E-state index in [0.29, 0.717) is 23.3 Å². The summed E-state index contributed by atoms with van der Waals surface area (Å²) in [5.41, 5.74) is 5.59. The number of benzene rings is 1. The molecule has 1 heterocycles. The molecule has 2 N–H and O–H groups in total. The summed E-state index contributed by atoms with van der Waals surface area (Å²) < 4.78 is 10.6. The van der Waals surface area contributed by atoms with E-state index < -0.39 is 5.91 Å². The number of rotatable bonds is 5. The minimum absolute atomic E-state index is 0.0248. The molecule has 2 atom stereocenters. The summed E-state index contributed by atoms with van der Waals surface area (Å²) >= 11 is 6.29. The van der Waals surface area contributed by atoms with Gasteiger partial charge in [-0.3, -0.25) is 9.59 Å². The number of piperidine rings is 1. The molecule has 0 bridgehead atoms. The van der Waals surface area contributed by atoms with E-state index in [1.807, 2.05) is 4.90 Å². The lowest BCUT2D eigenvalue weighted by Gasteiger charge is -2.44. The molecule has 1 aliphatic heterocycles. The summed E-state index contributed by atoms with van der Waals surface area (Å²) in [7, 11) is 1.47. The summed E-state index contributed by atoms with van der Waals surface area (Å²) in [6, 6.07) is 3.52. The SMILES string of the molecule is COc1cc(C(=O)N2CCCC3CCCCC32)cc(Cl)c1OCC(N)=O. The number of fused-ring (bicyclic) bond motifs is 1. The van der Waals surface area contributed by atoms with E-state index in [1.54, 1.807) is 12.1 Å². The van der Waals surface area contributed by atoms with Crippen LogP contribution >= 0.6 is 11.6 Å². The summed E-state index contributed by atoms with van der Waals surface area (Å²) in [4.78, 5) is 26.1. The number of hydrogen-bond acceptors (Lipinski definition) is 4. The van der Waals surface area contributed by atoms with Crippen LogP contribution in [0.5, 0.6) is 11.5 Å². The fraction of sp³-hybridized carbons (Fsp3) is 0.579. The van der Waals surface area contributed by atoms with E-state index >= 15 is 0 Å². The van der Waals surface area contributed by atoms with Gasteiger partial charge in [0.1, 0.15) is 0 Å². The van der Waals surface area contributed by atoms with Crippen molar-refractivity contribution in [2.24, 2.45) is 11.7 Å². The monoisotopic (exact) mass is 380 g/mol. The van der Waals surface area contributed by atoms with Gasteiger partial charge in [0.2, 0.25) is 0 Å². The average molecular weight is 381 g/mol. The van der Waals surface area contributed by atoms with Crippen molar-refractivity contribution in [3.05, 3.63) is 22.7 Å². The van der Waals surface area contributed by atoms with Crippen LogP contribution in [-0.2, 0) is 4.79 Å². The molecule has 2 unspecified atom stereocenters. The highest BCUT2D eigenvalue weighted by Crippen LogP contribution is 2.39. The van der Waals surface area contributed by atoms with Crippen molar-refractivity contribution in [3.63, 3.8) is 0 Å². The molecule has 1 aromatic carbocycles. The molecule has 0 radical (unpaired) electrons. The topological polar surface area (TPSA) is 81.9 Å². The van der Waals surface area contributed by atoms with Crippen molar-refractivity contribution in [2.75, 3.05) is 20.3 Å². The molecule has 3 rings (SSSR count). The van der Waals surface area contributed by atoms with E-state index in [4.69, 9.17) is 26.8 Å². The third kappa shape index (κ3) is 3.90. The molecule has 142 valence electrons. The molecular formula is C19H25ClN2O4. The molecule has 1 saturated carbocycles. The molecule has 0 aromatic heterocycles. The number of nitrogens with zero attached hydrogens (tertiary/aromatic N) is 1. The van der Waals surface area contributed by atoms with E-state index in [-0.39, 0.29) is 23.3 Å². The predicted octanol–water partition coefficient (Wildman–Crippen LogP) is 3.01. The summed E-state index contributed by atoms with van der Waals surface area (Å²) in [5, 5.41) is 0.228. The van der Waals surface area contributed by atoms with E-state index in [1.165, 1.54) is 32.8 Å². The Hall–Kier alpha value is -1.95. The number of halogens is 1. The number of amides is 2. The molecule has 2 aliphatic rings. The second-order valence-electron chi connectivity index (χ2n) is 7.00. The Labute approximate surface area is 158 Å². The molecule has 0 spiro atoms. The van der Waals surface area contributed by atoms with Crippen molar-refractivity contribution in [2.45, 2.75) is 44.6 Å². The fourth-order valence-corrected chi connectivity index (χ4v) is 4.43. The van der Waals surface area contributed by atoms with Gasteiger partial charge in [-0.15, -0.1) is 0 Å². The van der Waals surface area contributed by atoms with E-state index in [2.05, 4.69) is 0 Å². The number of hydrogen-bond donors (Lipinski definition) is 1. The first kappa shape index (κ1) is 18.8. The minimum Gasteiger partial charge on any atom is -0.493 e. The Morgan fingerprint density at radius 3 is 2.69 bits per heavy atom. The predicted molar refractivity (Wildman–Crippen MR) is 98.7 cm³/mol. The highest BCUT2D eigenvalue weighted by Gasteiger charge is 2.36. The van der Waals surface area contributed by atoms with Gasteiger partial charge in [-0.2, -0.15) is 0 Å². The maximum atomic E-state index is 13.1. The maximum Gasteiger partial charge on any atom is 0.255 e. The van der Waals surface area contributed by atoms with Crippen LogP contribution in [0.3, 0.4) is 0 Å². The van der Waals surface area contributed by atoms with Crippen LogP contribution in [-0.4, -0.2) is 43.0 Å². The van der Waals surface area contributed by atoms with E-state index in [9.17, 15) is 9.59 Å². The summed E-state index contributed by atoms with van der Waals surface area (Å²) in [6.45, 7) is 0.471. The van der Waals surface area contributed by atoms with Crippen LogP contribution in [0.2, 0.25) is 5.02 Å². The van der Waals surface area contributed by atoms with Gasteiger partial charge < -0.3 is 20.1 Å². The van der Waals surface area contributed by atoms with Crippen molar-refractivity contribution in [1.82, 2.24) is 4.90 Å². The zero-order chi connectivity index (χ0) is 18.7. The maximum absolute atomic E-state index is 13.1. The molecule has 1 saturated heterocycles. The van der Waals surface area contributed by atoms with Gasteiger partial charge in [0.25, 0.3) is 11.8 Å². The van der Waals surface area contributed by atoms with Crippen LogP contribution in [0.25, 0.3) is 0 Å². The van der Waals surface area contributed by atoms with Crippen LogP contribution in [0.4, 0.5) is 0 Å². The summed E-state index contributed by atoms with van der Waals surface area (Å²) in [5.74, 6) is 0.512. The normalized spacial score (nSPS) is 22.5. The van der Waals surface area contributed by atoms with Crippen molar-refractivity contribution >= 4 is 23.4 Å². The largest absolute Gasteiger partial charge is 0.493 e. The van der Waals surface area contributed by atoms with Crippen LogP contribution < -0.4 is 15.2 Å². The van der Waals surface area contributed by atoms with Gasteiger partial charge in [0.15, 0.2) is 18.1 Å². The molecular weight excluding hydrogens is 356 g/mol. The van der Waals surface area contributed by atoms with Crippen LogP contribution in [0.15, 0.2) is 12.1 Å². The number of primary amides is 1. The van der Waals surface area contributed by atoms with Gasteiger partial charge in [-0.1, -0.05) is 24.4 Å². The standard InChI is InChI=1S/C19H25ClN2O4/c1-25-16-10-13(9-14(20)18(16)26-11-17(21)23)19(24)22-8-4-6-12-5-2-3-7-15(12)22/h9-10,12,15H,2-8,11H2,1H3,(H2,21,23). The lowest BCUT2D eigenvalue weighted by Crippen LogP contribution is -2.49. The molecule has 2 amide bonds. The third-order valence-electron chi connectivity index (χ3n) is 5.34. The Morgan fingerprint density at radius 1 is 1.23 bits per heavy atom. The van der Waals surface area contributed by atoms with Gasteiger partial charge in [0.05, 0.1) is 12.1 Å². The molecule has 26 heavy (non-hydrogen) atoms. The van der Waals surface area contributed by atoms with Crippen molar-refractivity contribution in [3.8, 4) is 11.5 Å². The average Bonchev–Trinajstić information content (AvgIpc) is 2.65. The van der Waals surface area contributed by atoms with Crippen LogP contribution in [0.1, 0.15) is 48.9 Å². The Kier molecular flexibility index (Phi) is 5.91. The Balaban J connectivity index is 1.84. The quantitative estimate of drug-likeness (QED) is 0.851. The van der Waals surface area contributed by atoms with Crippen molar-refractivity contribution in [1.29, 1.82) is 0 Å². The van der Waals surface area contributed by atoms with Gasteiger partial charge in [-0.05, 0) is 43.7 Å². The number of nitrogens with two attached hydrogens (primary N) is 1. The third-order valence-corrected chi connectivity index (χ3v) is 5.62. The lowest BCUT2D eigenvalue weighted by molar-refractivity contribution is -0.119. The van der Waals surface area contributed by atoms with Crippen molar-refractivity contribution < 1.29 is 19.1 Å². The molecule has 7 heteroatoms. The number of ether oxygens (including phenoxy) is 2. The highest BCUT2D eigenvalue weighted by molar-refractivity contribution is 6.32. The zero-order valence-electron chi connectivity index (χ0n) is 15.0. The first-order valence-corrected chi connectivity index (χ1v) is 9.48.